The molecule has 6 aromatic carbocycles. The Hall–Kier alpha value is -3.78. The largest absolute Gasteiger partial charge is 0.398 e. The molecular weight excluding hydrogens is 340 g/mol. The number of hydrogen-bond donors (Lipinski definition) is 2. The molecule has 2 nitrogen and oxygen atoms in total. The van der Waals surface area contributed by atoms with Gasteiger partial charge < -0.3 is 11.1 Å². The van der Waals surface area contributed by atoms with Gasteiger partial charge >= 0.3 is 0 Å². The predicted octanol–water partition coefficient (Wildman–Crippen LogP) is 7.06. The van der Waals surface area contributed by atoms with Crippen LogP contribution < -0.4 is 11.1 Å². The molecule has 0 fully saturated rings. The highest BCUT2D eigenvalue weighted by atomic mass is 14.9. The Kier molecular flexibility index (Phi) is 3.06. The first-order valence-corrected chi connectivity index (χ1v) is 9.50. The third kappa shape index (κ3) is 2.09. The maximum Gasteiger partial charge on any atom is 0.0465 e. The van der Waals surface area contributed by atoms with E-state index in [1.807, 2.05) is 12.1 Å². The number of benzene rings is 6. The van der Waals surface area contributed by atoms with Gasteiger partial charge in [0.25, 0.3) is 0 Å². The van der Waals surface area contributed by atoms with E-state index in [2.05, 4.69) is 84.2 Å². The van der Waals surface area contributed by atoms with Crippen molar-refractivity contribution in [1.82, 2.24) is 0 Å². The Bertz CT molecular complexity index is 1480. The van der Waals surface area contributed by atoms with E-state index in [-0.39, 0.29) is 0 Å². The zero-order chi connectivity index (χ0) is 18.7. The lowest BCUT2D eigenvalue weighted by Crippen LogP contribution is -1.96. The lowest BCUT2D eigenvalue weighted by atomic mass is 9.93. The fraction of sp³-hybridized carbons (Fsp3) is 0. The molecule has 2 heteroatoms. The van der Waals surface area contributed by atoms with Crippen LogP contribution in [0.15, 0.2) is 91.0 Å². The summed E-state index contributed by atoms with van der Waals surface area (Å²) in [4.78, 5) is 0. The summed E-state index contributed by atoms with van der Waals surface area (Å²) in [6, 6.07) is 32.1. The average Bonchev–Trinajstić information content (AvgIpc) is 2.75. The van der Waals surface area contributed by atoms with Gasteiger partial charge in [-0.2, -0.15) is 0 Å². The summed E-state index contributed by atoms with van der Waals surface area (Å²) in [5, 5.41) is 13.6. The van der Waals surface area contributed by atoms with Crippen LogP contribution in [0.3, 0.4) is 0 Å². The zero-order valence-corrected chi connectivity index (χ0v) is 15.2. The van der Waals surface area contributed by atoms with Crippen molar-refractivity contribution in [2.75, 3.05) is 11.1 Å². The topological polar surface area (TPSA) is 38.0 Å². The van der Waals surface area contributed by atoms with Gasteiger partial charge in [-0.3, -0.25) is 0 Å². The van der Waals surface area contributed by atoms with Crippen molar-refractivity contribution in [1.29, 1.82) is 0 Å². The Balaban J connectivity index is 1.63. The van der Waals surface area contributed by atoms with Crippen molar-refractivity contribution in [2.24, 2.45) is 0 Å². The molecule has 0 aromatic heterocycles. The van der Waals surface area contributed by atoms with Crippen LogP contribution in [0.25, 0.3) is 43.1 Å². The van der Waals surface area contributed by atoms with E-state index in [1.54, 1.807) is 0 Å². The van der Waals surface area contributed by atoms with E-state index in [1.165, 1.54) is 32.3 Å². The van der Waals surface area contributed by atoms with Crippen LogP contribution in [-0.4, -0.2) is 0 Å². The molecule has 28 heavy (non-hydrogen) atoms. The predicted molar refractivity (Wildman–Crippen MR) is 122 cm³/mol. The highest BCUT2D eigenvalue weighted by molar-refractivity contribution is 6.25. The van der Waals surface area contributed by atoms with Gasteiger partial charge in [0.1, 0.15) is 0 Å². The van der Waals surface area contributed by atoms with Crippen molar-refractivity contribution in [3.8, 4) is 0 Å². The molecule has 0 amide bonds. The molecule has 0 heterocycles. The highest BCUT2D eigenvalue weighted by Crippen LogP contribution is 2.39. The third-order valence-corrected chi connectivity index (χ3v) is 5.76. The second-order valence-electron chi connectivity index (χ2n) is 7.34. The summed E-state index contributed by atoms with van der Waals surface area (Å²) in [7, 11) is 0. The Morgan fingerprint density at radius 1 is 0.464 bits per heavy atom. The lowest BCUT2D eigenvalue weighted by Gasteiger charge is -2.16. The number of fused-ring (bicyclic) bond motifs is 1. The number of nitrogen functional groups attached to an aromatic ring is 1. The Morgan fingerprint density at radius 3 is 1.89 bits per heavy atom. The molecule has 0 radical (unpaired) electrons. The Morgan fingerprint density at radius 2 is 1.07 bits per heavy atom. The second kappa shape index (κ2) is 5.61. The first-order chi connectivity index (χ1) is 13.8. The summed E-state index contributed by atoms with van der Waals surface area (Å²) < 4.78 is 0. The van der Waals surface area contributed by atoms with Gasteiger partial charge in [0.15, 0.2) is 0 Å². The molecule has 0 saturated carbocycles. The minimum absolute atomic E-state index is 0.802. The van der Waals surface area contributed by atoms with Gasteiger partial charge in [0, 0.05) is 33.2 Å². The van der Waals surface area contributed by atoms with Crippen LogP contribution >= 0.6 is 0 Å². The van der Waals surface area contributed by atoms with Crippen LogP contribution in [-0.2, 0) is 0 Å². The van der Waals surface area contributed by atoms with Gasteiger partial charge in [-0.1, -0.05) is 72.8 Å². The normalized spacial score (nSPS) is 11.7. The molecule has 0 aliphatic carbocycles. The fourth-order valence-electron chi connectivity index (χ4n) is 4.42. The fourth-order valence-corrected chi connectivity index (χ4v) is 4.42. The third-order valence-electron chi connectivity index (χ3n) is 5.76. The molecule has 3 N–H and O–H groups in total. The van der Waals surface area contributed by atoms with E-state index in [9.17, 15) is 0 Å². The number of nitrogens with one attached hydrogen (secondary N) is 1. The second-order valence-corrected chi connectivity index (χ2v) is 7.34. The standard InChI is InChI=1S/C26H18N2/c27-22-13-15-23(20-7-2-1-6-19(20)22)28-24-14-11-18-9-8-16-4-3-5-17-10-12-21(24)26(18)25(16)17/h1-15,28H,27H2. The first kappa shape index (κ1) is 15.3. The smallest absolute Gasteiger partial charge is 0.0465 e. The maximum absolute atomic E-state index is 6.18. The van der Waals surface area contributed by atoms with E-state index in [0.717, 1.165) is 27.8 Å². The Labute approximate surface area is 162 Å². The zero-order valence-electron chi connectivity index (χ0n) is 15.2. The van der Waals surface area contributed by atoms with Crippen molar-refractivity contribution < 1.29 is 0 Å². The van der Waals surface area contributed by atoms with Gasteiger partial charge in [-0.25, -0.2) is 0 Å². The molecular formula is C26H18N2. The van der Waals surface area contributed by atoms with E-state index >= 15 is 0 Å². The van der Waals surface area contributed by atoms with Crippen LogP contribution in [0.5, 0.6) is 0 Å². The molecule has 0 unspecified atom stereocenters. The summed E-state index contributed by atoms with van der Waals surface area (Å²) >= 11 is 0. The lowest BCUT2D eigenvalue weighted by molar-refractivity contribution is 1.61. The molecule has 0 saturated heterocycles. The van der Waals surface area contributed by atoms with Crippen LogP contribution in [0, 0.1) is 0 Å². The minimum Gasteiger partial charge on any atom is -0.398 e. The van der Waals surface area contributed by atoms with Crippen LogP contribution in [0.2, 0.25) is 0 Å². The van der Waals surface area contributed by atoms with Crippen LogP contribution in [0.1, 0.15) is 0 Å². The number of hydrogen-bond acceptors (Lipinski definition) is 2. The van der Waals surface area contributed by atoms with E-state index in [4.69, 9.17) is 5.73 Å². The van der Waals surface area contributed by atoms with Crippen molar-refractivity contribution in [3.05, 3.63) is 91.0 Å². The van der Waals surface area contributed by atoms with Gasteiger partial charge in [-0.05, 0) is 45.1 Å². The summed E-state index contributed by atoms with van der Waals surface area (Å²) in [5.41, 5.74) is 9.16. The van der Waals surface area contributed by atoms with Gasteiger partial charge in [-0.15, -0.1) is 0 Å². The first-order valence-electron chi connectivity index (χ1n) is 9.50. The summed E-state index contributed by atoms with van der Waals surface area (Å²) in [6.45, 7) is 0. The monoisotopic (exact) mass is 358 g/mol. The number of nitrogens with two attached hydrogens (primary N) is 1. The summed E-state index contributed by atoms with van der Waals surface area (Å²) in [6.07, 6.45) is 0. The van der Waals surface area contributed by atoms with E-state index < -0.39 is 0 Å². The molecule has 132 valence electrons. The van der Waals surface area contributed by atoms with Crippen molar-refractivity contribution in [2.45, 2.75) is 0 Å². The number of rotatable bonds is 2. The average molecular weight is 358 g/mol. The van der Waals surface area contributed by atoms with Gasteiger partial charge in [0.05, 0.1) is 0 Å². The quantitative estimate of drug-likeness (QED) is 0.257. The molecule has 0 aliphatic heterocycles. The van der Waals surface area contributed by atoms with Crippen LogP contribution in [0.4, 0.5) is 17.1 Å². The molecule has 6 aromatic rings. The molecule has 0 spiro atoms. The number of anilines is 3. The van der Waals surface area contributed by atoms with Gasteiger partial charge in [0.2, 0.25) is 0 Å². The van der Waals surface area contributed by atoms with E-state index in [0.29, 0.717) is 0 Å². The summed E-state index contributed by atoms with van der Waals surface area (Å²) in [5.74, 6) is 0. The van der Waals surface area contributed by atoms with Crippen molar-refractivity contribution >= 4 is 60.2 Å². The minimum atomic E-state index is 0.802. The molecule has 0 aliphatic rings. The molecule has 0 atom stereocenters. The SMILES string of the molecule is Nc1ccc(Nc2ccc3ccc4cccc5ccc2c3c45)c2ccccc12. The highest BCUT2D eigenvalue weighted by Gasteiger charge is 2.12. The molecule has 0 bridgehead atoms. The molecule has 6 rings (SSSR count). The van der Waals surface area contributed by atoms with Crippen molar-refractivity contribution in [3.63, 3.8) is 0 Å². The maximum atomic E-state index is 6.18.